The van der Waals surface area contributed by atoms with E-state index in [0.717, 1.165) is 6.42 Å². The number of carbonyl (C=O) groups excluding carboxylic acids is 2. The van der Waals surface area contributed by atoms with Crippen LogP contribution in [-0.2, 0) is 19.0 Å². The van der Waals surface area contributed by atoms with Crippen molar-refractivity contribution in [2.45, 2.75) is 51.4 Å². The minimum Gasteiger partial charge on any atom is -0.466 e. The Balaban J connectivity index is 2.20. The van der Waals surface area contributed by atoms with Crippen LogP contribution in [0.2, 0.25) is 0 Å². The Labute approximate surface area is 136 Å². The van der Waals surface area contributed by atoms with Crippen molar-refractivity contribution in [1.82, 2.24) is 0 Å². The van der Waals surface area contributed by atoms with Crippen LogP contribution in [0.3, 0.4) is 0 Å². The largest absolute Gasteiger partial charge is 0.466 e. The van der Waals surface area contributed by atoms with Crippen LogP contribution in [-0.4, -0.2) is 36.9 Å². The molecule has 1 aliphatic rings. The number of esters is 2. The van der Waals surface area contributed by atoms with Gasteiger partial charge < -0.3 is 14.2 Å². The number of carbonyl (C=O) groups is 2. The van der Waals surface area contributed by atoms with Crippen LogP contribution >= 0.6 is 0 Å². The lowest BCUT2D eigenvalue weighted by atomic mass is 9.83. The van der Waals surface area contributed by atoms with Gasteiger partial charge in [0, 0.05) is 0 Å². The van der Waals surface area contributed by atoms with Gasteiger partial charge in [-0.15, -0.1) is 0 Å². The van der Waals surface area contributed by atoms with Gasteiger partial charge in [0.05, 0.1) is 18.8 Å². The van der Waals surface area contributed by atoms with E-state index in [-0.39, 0.29) is 6.10 Å². The first kappa shape index (κ1) is 17.5. The van der Waals surface area contributed by atoms with Crippen molar-refractivity contribution in [2.75, 3.05) is 7.11 Å². The lowest BCUT2D eigenvalue weighted by Gasteiger charge is -2.43. The summed E-state index contributed by atoms with van der Waals surface area (Å²) in [4.78, 5) is 24.5. The molecule has 126 valence electrons. The van der Waals surface area contributed by atoms with Gasteiger partial charge in [-0.2, -0.15) is 0 Å². The second-order valence-electron chi connectivity index (χ2n) is 6.33. The van der Waals surface area contributed by atoms with Gasteiger partial charge in [-0.3, -0.25) is 0 Å². The molecule has 0 amide bonds. The van der Waals surface area contributed by atoms with Crippen molar-refractivity contribution in [3.63, 3.8) is 0 Å². The van der Waals surface area contributed by atoms with Crippen LogP contribution in [0.5, 0.6) is 0 Å². The van der Waals surface area contributed by atoms with Gasteiger partial charge in [-0.1, -0.05) is 25.1 Å². The SMILES string of the molecule is COC(=O)[C@@H](OC(=O)c1ccccc1)[C@@]1(C)CC[C@@H](C)[C@@H](C)O1. The van der Waals surface area contributed by atoms with Crippen LogP contribution in [0.25, 0.3) is 0 Å². The van der Waals surface area contributed by atoms with Crippen molar-refractivity contribution in [1.29, 1.82) is 0 Å². The van der Waals surface area contributed by atoms with Crippen molar-refractivity contribution >= 4 is 11.9 Å². The molecule has 4 atom stereocenters. The summed E-state index contributed by atoms with van der Waals surface area (Å²) in [5.41, 5.74) is -0.495. The summed E-state index contributed by atoms with van der Waals surface area (Å²) in [7, 11) is 1.28. The summed E-state index contributed by atoms with van der Waals surface area (Å²) >= 11 is 0. The van der Waals surface area contributed by atoms with Gasteiger partial charge in [0.2, 0.25) is 6.10 Å². The smallest absolute Gasteiger partial charge is 0.350 e. The Hall–Kier alpha value is -1.88. The standard InChI is InChI=1S/C18H24O5/c1-12-10-11-18(3,23-13(12)2)15(17(20)21-4)22-16(19)14-8-6-5-7-9-14/h5-9,12-13,15H,10-11H2,1-4H3/t12-,13-,15-,18-/m1/s1. The summed E-state index contributed by atoms with van der Waals surface area (Å²) in [6.07, 6.45) is 0.417. The molecule has 0 unspecified atom stereocenters. The average molecular weight is 320 g/mol. The number of hydrogen-bond acceptors (Lipinski definition) is 5. The molecule has 0 aromatic heterocycles. The first-order valence-corrected chi connectivity index (χ1v) is 7.89. The first-order valence-electron chi connectivity index (χ1n) is 7.89. The highest BCUT2D eigenvalue weighted by atomic mass is 16.6. The molecule has 1 heterocycles. The van der Waals surface area contributed by atoms with E-state index in [2.05, 4.69) is 6.92 Å². The molecule has 0 spiro atoms. The number of ether oxygens (including phenoxy) is 3. The highest BCUT2D eigenvalue weighted by molar-refractivity contribution is 5.91. The molecule has 1 saturated heterocycles. The molecular weight excluding hydrogens is 296 g/mol. The van der Waals surface area contributed by atoms with E-state index in [1.54, 1.807) is 31.2 Å². The number of methoxy groups -OCH3 is 1. The molecule has 1 aromatic rings. The van der Waals surface area contributed by atoms with E-state index in [1.165, 1.54) is 7.11 Å². The van der Waals surface area contributed by atoms with Crippen molar-refractivity contribution in [3.05, 3.63) is 35.9 Å². The third-order valence-electron chi connectivity index (χ3n) is 4.56. The third-order valence-corrected chi connectivity index (χ3v) is 4.56. The third kappa shape index (κ3) is 3.91. The Morgan fingerprint density at radius 3 is 2.48 bits per heavy atom. The average Bonchev–Trinajstić information content (AvgIpc) is 2.56. The topological polar surface area (TPSA) is 61.8 Å². The van der Waals surface area contributed by atoms with Crippen molar-refractivity contribution < 1.29 is 23.8 Å². The molecule has 2 rings (SSSR count). The Morgan fingerprint density at radius 1 is 1.26 bits per heavy atom. The molecular formula is C18H24O5. The van der Waals surface area contributed by atoms with Gasteiger partial charge in [0.15, 0.2) is 0 Å². The Bertz CT molecular complexity index is 556. The van der Waals surface area contributed by atoms with Crippen LogP contribution in [0.15, 0.2) is 30.3 Å². The second-order valence-corrected chi connectivity index (χ2v) is 6.33. The van der Waals surface area contributed by atoms with Crippen LogP contribution in [0.4, 0.5) is 0 Å². The predicted octanol–water partition coefficient (Wildman–Crippen LogP) is 2.98. The molecule has 0 saturated carbocycles. The quantitative estimate of drug-likeness (QED) is 0.798. The summed E-state index contributed by atoms with van der Waals surface area (Å²) in [5, 5.41) is 0. The van der Waals surface area contributed by atoms with Gasteiger partial charge >= 0.3 is 11.9 Å². The molecule has 1 aliphatic heterocycles. The zero-order chi connectivity index (χ0) is 17.0. The summed E-state index contributed by atoms with van der Waals surface area (Å²) in [5.74, 6) is -0.762. The highest BCUT2D eigenvalue weighted by Crippen LogP contribution is 2.36. The second kappa shape index (κ2) is 7.13. The summed E-state index contributed by atoms with van der Waals surface area (Å²) in [6, 6.07) is 8.58. The summed E-state index contributed by atoms with van der Waals surface area (Å²) < 4.78 is 16.3. The highest BCUT2D eigenvalue weighted by Gasteiger charge is 2.48. The lowest BCUT2D eigenvalue weighted by molar-refractivity contribution is -0.200. The molecule has 0 aliphatic carbocycles. The van der Waals surface area contributed by atoms with Crippen molar-refractivity contribution in [2.24, 2.45) is 5.92 Å². The van der Waals surface area contributed by atoms with Crippen LogP contribution in [0, 0.1) is 5.92 Å². The maximum atomic E-state index is 12.3. The zero-order valence-electron chi connectivity index (χ0n) is 14.1. The minimum absolute atomic E-state index is 0.0173. The molecule has 1 fully saturated rings. The van der Waals surface area contributed by atoms with Crippen molar-refractivity contribution in [3.8, 4) is 0 Å². The molecule has 0 radical (unpaired) electrons. The monoisotopic (exact) mass is 320 g/mol. The maximum absolute atomic E-state index is 12.3. The van der Waals surface area contributed by atoms with E-state index in [9.17, 15) is 9.59 Å². The fourth-order valence-electron chi connectivity index (χ4n) is 2.82. The van der Waals surface area contributed by atoms with E-state index in [1.807, 2.05) is 13.0 Å². The normalized spacial score (nSPS) is 28.7. The maximum Gasteiger partial charge on any atom is 0.350 e. The molecule has 0 N–H and O–H groups in total. The van der Waals surface area contributed by atoms with Gasteiger partial charge in [-0.25, -0.2) is 9.59 Å². The van der Waals surface area contributed by atoms with Crippen LogP contribution in [0.1, 0.15) is 44.0 Å². The predicted molar refractivity (Wildman–Crippen MR) is 85.0 cm³/mol. The van der Waals surface area contributed by atoms with E-state index < -0.39 is 23.6 Å². The fraction of sp³-hybridized carbons (Fsp3) is 0.556. The lowest BCUT2D eigenvalue weighted by Crippen LogP contribution is -2.54. The van der Waals surface area contributed by atoms with Gasteiger partial charge in [0.1, 0.15) is 5.60 Å². The Kier molecular flexibility index (Phi) is 5.42. The zero-order valence-corrected chi connectivity index (χ0v) is 14.1. The molecule has 5 heteroatoms. The number of benzene rings is 1. The summed E-state index contributed by atoms with van der Waals surface area (Å²) in [6.45, 7) is 5.87. The van der Waals surface area contributed by atoms with Gasteiger partial charge in [0.25, 0.3) is 0 Å². The minimum atomic E-state index is -1.09. The fourth-order valence-corrected chi connectivity index (χ4v) is 2.82. The molecule has 1 aromatic carbocycles. The van der Waals surface area contributed by atoms with E-state index in [0.29, 0.717) is 17.9 Å². The molecule has 0 bridgehead atoms. The molecule has 23 heavy (non-hydrogen) atoms. The van der Waals surface area contributed by atoms with E-state index in [4.69, 9.17) is 14.2 Å². The first-order chi connectivity index (χ1) is 10.9. The van der Waals surface area contributed by atoms with Gasteiger partial charge in [-0.05, 0) is 44.7 Å². The number of hydrogen-bond donors (Lipinski definition) is 0. The van der Waals surface area contributed by atoms with E-state index >= 15 is 0 Å². The van der Waals surface area contributed by atoms with Crippen LogP contribution < -0.4 is 0 Å². The number of rotatable bonds is 4. The molecule has 5 nitrogen and oxygen atoms in total. The Morgan fingerprint density at radius 2 is 1.91 bits per heavy atom.